The number of benzene rings is 1. The zero-order chi connectivity index (χ0) is 16.7. The molecule has 126 valence electrons. The highest BCUT2D eigenvalue weighted by Gasteiger charge is 2.15. The Morgan fingerprint density at radius 3 is 2.65 bits per heavy atom. The number of aryl methyl sites for hydroxylation is 1. The maximum atomic E-state index is 12.2. The van der Waals surface area contributed by atoms with Crippen LogP contribution in [0.3, 0.4) is 0 Å². The number of carbonyl (C=O) groups excluding carboxylic acids is 2. The van der Waals surface area contributed by atoms with E-state index in [0.29, 0.717) is 13.0 Å². The van der Waals surface area contributed by atoms with Crippen molar-refractivity contribution in [3.05, 3.63) is 34.9 Å². The Balaban J connectivity index is 1.66. The Bertz CT molecular complexity index is 551. The molecule has 0 aromatic heterocycles. The first kappa shape index (κ1) is 17.5. The van der Waals surface area contributed by atoms with Crippen LogP contribution in [0.4, 0.5) is 0 Å². The summed E-state index contributed by atoms with van der Waals surface area (Å²) in [5.74, 6) is 0.201. The number of rotatable bonds is 6. The summed E-state index contributed by atoms with van der Waals surface area (Å²) in [6.45, 7) is 7.98. The van der Waals surface area contributed by atoms with Gasteiger partial charge in [0.25, 0.3) is 5.91 Å². The minimum atomic E-state index is -0.0281. The summed E-state index contributed by atoms with van der Waals surface area (Å²) in [7, 11) is 0. The number of carbonyl (C=O) groups is 2. The monoisotopic (exact) mass is 317 g/mol. The van der Waals surface area contributed by atoms with E-state index < -0.39 is 0 Å². The van der Waals surface area contributed by atoms with Gasteiger partial charge in [-0.25, -0.2) is 0 Å². The second-order valence-corrected chi connectivity index (χ2v) is 6.09. The van der Waals surface area contributed by atoms with Gasteiger partial charge in [0.2, 0.25) is 5.91 Å². The molecule has 1 fully saturated rings. The Morgan fingerprint density at radius 1 is 1.17 bits per heavy atom. The molecule has 0 atom stereocenters. The molecule has 1 aromatic carbocycles. The van der Waals surface area contributed by atoms with Crippen LogP contribution < -0.4 is 10.6 Å². The van der Waals surface area contributed by atoms with E-state index in [-0.39, 0.29) is 11.8 Å². The molecule has 0 bridgehead atoms. The Morgan fingerprint density at radius 2 is 1.91 bits per heavy atom. The van der Waals surface area contributed by atoms with Crippen molar-refractivity contribution in [2.24, 2.45) is 0 Å². The highest BCUT2D eigenvalue weighted by atomic mass is 16.2. The third kappa shape index (κ3) is 5.06. The summed E-state index contributed by atoms with van der Waals surface area (Å²) in [6.07, 6.45) is 2.21. The molecule has 1 aliphatic rings. The van der Waals surface area contributed by atoms with Crippen LogP contribution in [0.25, 0.3) is 0 Å². The summed E-state index contributed by atoms with van der Waals surface area (Å²) >= 11 is 0. The normalized spacial score (nSPS) is 14.6. The predicted octanol–water partition coefficient (Wildman–Crippen LogP) is 1.64. The highest BCUT2D eigenvalue weighted by Crippen LogP contribution is 2.12. The molecule has 2 N–H and O–H groups in total. The van der Waals surface area contributed by atoms with E-state index in [2.05, 4.69) is 10.6 Å². The minimum absolute atomic E-state index is 0.0281. The van der Waals surface area contributed by atoms with E-state index in [1.165, 1.54) is 0 Å². The fourth-order valence-electron chi connectivity index (χ4n) is 2.77. The zero-order valence-corrected chi connectivity index (χ0v) is 14.2. The molecule has 0 spiro atoms. The van der Waals surface area contributed by atoms with Gasteiger partial charge in [-0.15, -0.1) is 0 Å². The van der Waals surface area contributed by atoms with Gasteiger partial charge in [-0.05, 0) is 43.9 Å². The number of unbranched alkanes of at least 4 members (excludes halogenated alkanes) is 1. The molecular weight excluding hydrogens is 290 g/mol. The van der Waals surface area contributed by atoms with Gasteiger partial charge < -0.3 is 15.5 Å². The molecule has 0 radical (unpaired) electrons. The molecule has 1 saturated heterocycles. The number of amides is 2. The second-order valence-electron chi connectivity index (χ2n) is 6.09. The zero-order valence-electron chi connectivity index (χ0n) is 14.2. The van der Waals surface area contributed by atoms with E-state index in [1.807, 2.05) is 36.9 Å². The Kier molecular flexibility index (Phi) is 6.59. The molecule has 2 amide bonds. The average Bonchev–Trinajstić information content (AvgIpc) is 2.57. The van der Waals surface area contributed by atoms with Gasteiger partial charge in [0, 0.05) is 44.7 Å². The predicted molar refractivity (Wildman–Crippen MR) is 91.5 cm³/mol. The first-order valence-electron chi connectivity index (χ1n) is 8.42. The Hall–Kier alpha value is -1.88. The Labute approximate surface area is 138 Å². The van der Waals surface area contributed by atoms with Crippen molar-refractivity contribution in [2.75, 3.05) is 32.7 Å². The number of nitrogens with one attached hydrogen (secondary N) is 2. The topological polar surface area (TPSA) is 61.4 Å². The average molecular weight is 317 g/mol. The lowest BCUT2D eigenvalue weighted by molar-refractivity contribution is -0.131. The molecule has 2 rings (SSSR count). The van der Waals surface area contributed by atoms with Crippen LogP contribution in [-0.4, -0.2) is 49.4 Å². The van der Waals surface area contributed by atoms with Crippen molar-refractivity contribution in [3.8, 4) is 0 Å². The maximum absolute atomic E-state index is 12.2. The van der Waals surface area contributed by atoms with Crippen LogP contribution >= 0.6 is 0 Å². The number of piperazine rings is 1. The van der Waals surface area contributed by atoms with E-state index in [0.717, 1.165) is 55.7 Å². The molecular formula is C18H27N3O2. The smallest absolute Gasteiger partial charge is 0.251 e. The molecule has 1 aromatic rings. The van der Waals surface area contributed by atoms with E-state index >= 15 is 0 Å². The summed E-state index contributed by atoms with van der Waals surface area (Å²) in [4.78, 5) is 26.1. The SMILES string of the molecule is Cc1cccc(C(=O)NCCCCC(=O)N2CCNCC2)c1C. The van der Waals surface area contributed by atoms with Gasteiger partial charge in [0.15, 0.2) is 0 Å². The van der Waals surface area contributed by atoms with Gasteiger partial charge in [-0.3, -0.25) is 9.59 Å². The fourth-order valence-corrected chi connectivity index (χ4v) is 2.77. The molecule has 23 heavy (non-hydrogen) atoms. The van der Waals surface area contributed by atoms with Gasteiger partial charge in [-0.2, -0.15) is 0 Å². The number of nitrogens with zero attached hydrogens (tertiary/aromatic N) is 1. The number of hydrogen-bond donors (Lipinski definition) is 2. The van der Waals surface area contributed by atoms with Gasteiger partial charge >= 0.3 is 0 Å². The lowest BCUT2D eigenvalue weighted by atomic mass is 10.0. The molecule has 0 aliphatic carbocycles. The van der Waals surface area contributed by atoms with Crippen molar-refractivity contribution in [2.45, 2.75) is 33.1 Å². The quantitative estimate of drug-likeness (QED) is 0.784. The summed E-state index contributed by atoms with van der Waals surface area (Å²) < 4.78 is 0. The van der Waals surface area contributed by atoms with Crippen LogP contribution in [0.15, 0.2) is 18.2 Å². The van der Waals surface area contributed by atoms with E-state index in [4.69, 9.17) is 0 Å². The largest absolute Gasteiger partial charge is 0.352 e. The first-order valence-corrected chi connectivity index (χ1v) is 8.42. The standard InChI is InChI=1S/C18H27N3O2/c1-14-6-5-7-16(15(14)2)18(23)20-9-4-3-8-17(22)21-12-10-19-11-13-21/h5-7,19H,3-4,8-13H2,1-2H3,(H,20,23). The molecule has 5 nitrogen and oxygen atoms in total. The van der Waals surface area contributed by atoms with Crippen LogP contribution in [0.1, 0.15) is 40.7 Å². The van der Waals surface area contributed by atoms with E-state index in [1.54, 1.807) is 0 Å². The van der Waals surface area contributed by atoms with Gasteiger partial charge in [0.05, 0.1) is 0 Å². The minimum Gasteiger partial charge on any atom is -0.352 e. The van der Waals surface area contributed by atoms with E-state index in [9.17, 15) is 9.59 Å². The van der Waals surface area contributed by atoms with Crippen LogP contribution in [0.2, 0.25) is 0 Å². The van der Waals surface area contributed by atoms with Gasteiger partial charge in [-0.1, -0.05) is 12.1 Å². The summed E-state index contributed by atoms with van der Waals surface area (Å²) in [5.41, 5.74) is 2.89. The van der Waals surface area contributed by atoms with Gasteiger partial charge in [0.1, 0.15) is 0 Å². The van der Waals surface area contributed by atoms with Crippen molar-refractivity contribution in [1.82, 2.24) is 15.5 Å². The first-order chi connectivity index (χ1) is 11.1. The van der Waals surface area contributed by atoms with Crippen molar-refractivity contribution >= 4 is 11.8 Å². The van der Waals surface area contributed by atoms with Crippen molar-refractivity contribution in [1.29, 1.82) is 0 Å². The molecule has 1 aliphatic heterocycles. The highest BCUT2D eigenvalue weighted by molar-refractivity contribution is 5.95. The third-order valence-corrected chi connectivity index (χ3v) is 4.42. The third-order valence-electron chi connectivity index (χ3n) is 4.42. The summed E-state index contributed by atoms with van der Waals surface area (Å²) in [5, 5.41) is 6.19. The van der Waals surface area contributed by atoms with Crippen LogP contribution in [0, 0.1) is 13.8 Å². The second kappa shape index (κ2) is 8.67. The maximum Gasteiger partial charge on any atom is 0.251 e. The van der Waals surface area contributed by atoms with Crippen molar-refractivity contribution in [3.63, 3.8) is 0 Å². The molecule has 0 saturated carbocycles. The van der Waals surface area contributed by atoms with Crippen LogP contribution in [0.5, 0.6) is 0 Å². The number of hydrogen-bond acceptors (Lipinski definition) is 3. The van der Waals surface area contributed by atoms with Crippen LogP contribution in [-0.2, 0) is 4.79 Å². The lowest BCUT2D eigenvalue weighted by Gasteiger charge is -2.27. The van der Waals surface area contributed by atoms with Crippen molar-refractivity contribution < 1.29 is 9.59 Å². The lowest BCUT2D eigenvalue weighted by Crippen LogP contribution is -2.46. The molecule has 1 heterocycles. The summed E-state index contributed by atoms with van der Waals surface area (Å²) in [6, 6.07) is 5.77. The molecule has 5 heteroatoms. The molecule has 0 unspecified atom stereocenters. The fraction of sp³-hybridized carbons (Fsp3) is 0.556.